The second-order valence-electron chi connectivity index (χ2n) is 7.08. The molecule has 1 saturated heterocycles. The lowest BCUT2D eigenvalue weighted by Crippen LogP contribution is -2.28. The van der Waals surface area contributed by atoms with Gasteiger partial charge in [-0.2, -0.15) is 0 Å². The van der Waals surface area contributed by atoms with Crippen molar-refractivity contribution in [1.29, 1.82) is 0 Å². The zero-order valence-electron chi connectivity index (χ0n) is 17.0. The fourth-order valence-electron chi connectivity index (χ4n) is 3.22. The maximum absolute atomic E-state index is 12.3. The number of hydrogen-bond donors (Lipinski definition) is 3. The number of amides is 4. The monoisotopic (exact) mass is 420 g/mol. The van der Waals surface area contributed by atoms with Gasteiger partial charge in [-0.05, 0) is 42.3 Å². The Balaban J connectivity index is 1.60. The molecule has 0 bridgehead atoms. The van der Waals surface area contributed by atoms with E-state index in [-0.39, 0.29) is 24.4 Å². The zero-order chi connectivity index (χ0) is 22.2. The molecule has 160 valence electrons. The molecule has 0 saturated carbocycles. The van der Waals surface area contributed by atoms with Gasteiger partial charge < -0.3 is 21.3 Å². The van der Waals surface area contributed by atoms with E-state index in [1.165, 1.54) is 6.08 Å². The molecule has 2 aromatic carbocycles. The summed E-state index contributed by atoms with van der Waals surface area (Å²) in [6.45, 7) is 0.849. The summed E-state index contributed by atoms with van der Waals surface area (Å²) in [5, 5.41) is 5.29. The van der Waals surface area contributed by atoms with Gasteiger partial charge in [-0.15, -0.1) is 0 Å². The molecule has 2 aromatic rings. The molecule has 31 heavy (non-hydrogen) atoms. The topological polar surface area (TPSA) is 122 Å². The molecule has 3 rings (SSSR count). The van der Waals surface area contributed by atoms with E-state index in [0.29, 0.717) is 12.1 Å². The summed E-state index contributed by atoms with van der Waals surface area (Å²) < 4.78 is 0. The number of anilines is 2. The first kappa shape index (κ1) is 21.8. The van der Waals surface area contributed by atoms with E-state index < -0.39 is 17.7 Å². The Morgan fingerprint density at radius 1 is 1.06 bits per heavy atom. The summed E-state index contributed by atoms with van der Waals surface area (Å²) >= 11 is 0. The van der Waals surface area contributed by atoms with Crippen molar-refractivity contribution in [2.45, 2.75) is 19.3 Å². The van der Waals surface area contributed by atoms with Crippen LogP contribution in [0.1, 0.15) is 35.2 Å². The fourth-order valence-corrected chi connectivity index (χ4v) is 3.22. The number of para-hydroxylation sites is 1. The van der Waals surface area contributed by atoms with Crippen LogP contribution in [0, 0.1) is 0 Å². The minimum absolute atomic E-state index is 0.0354. The second-order valence-corrected chi connectivity index (χ2v) is 7.08. The number of benzene rings is 2. The Hall–Kier alpha value is -3.94. The van der Waals surface area contributed by atoms with E-state index in [0.717, 1.165) is 24.2 Å². The molecular weight excluding hydrogens is 396 g/mol. The molecule has 4 N–H and O–H groups in total. The van der Waals surface area contributed by atoms with Crippen molar-refractivity contribution in [1.82, 2.24) is 5.32 Å². The third kappa shape index (κ3) is 6.02. The molecule has 1 aliphatic rings. The van der Waals surface area contributed by atoms with Crippen molar-refractivity contribution in [2.24, 2.45) is 5.73 Å². The average molecular weight is 420 g/mol. The maximum Gasteiger partial charge on any atom is 0.253 e. The van der Waals surface area contributed by atoms with Gasteiger partial charge in [0.2, 0.25) is 17.7 Å². The third-order valence-corrected chi connectivity index (χ3v) is 4.79. The summed E-state index contributed by atoms with van der Waals surface area (Å²) in [7, 11) is 0. The molecular formula is C23H24N4O4. The quantitative estimate of drug-likeness (QED) is 0.566. The molecule has 0 atom stereocenters. The van der Waals surface area contributed by atoms with E-state index >= 15 is 0 Å². The van der Waals surface area contributed by atoms with Crippen LogP contribution in [0.25, 0.3) is 6.08 Å². The zero-order valence-corrected chi connectivity index (χ0v) is 17.0. The molecule has 0 aliphatic carbocycles. The second kappa shape index (κ2) is 10.2. The first-order chi connectivity index (χ1) is 14.9. The van der Waals surface area contributed by atoms with Gasteiger partial charge in [0.15, 0.2) is 0 Å². The molecule has 1 heterocycles. The normalized spacial score (nSPS) is 13.4. The van der Waals surface area contributed by atoms with Crippen LogP contribution in [0.3, 0.4) is 0 Å². The number of nitrogens with two attached hydrogens (primary N) is 1. The van der Waals surface area contributed by atoms with Crippen LogP contribution in [-0.2, 0) is 14.4 Å². The van der Waals surface area contributed by atoms with Crippen molar-refractivity contribution in [3.05, 3.63) is 65.7 Å². The number of carbonyl (C=O) groups excluding carboxylic acids is 4. The molecule has 8 nitrogen and oxygen atoms in total. The highest BCUT2D eigenvalue weighted by molar-refractivity contribution is 6.07. The number of carbonyl (C=O) groups is 4. The Kier molecular flexibility index (Phi) is 7.16. The molecule has 0 radical (unpaired) electrons. The standard InChI is InChI=1S/C23H24N4O4/c24-20(28)13-14-25-23(31)18-4-1-2-5-19(18)26-21(29)12-9-16-7-10-17(11-8-16)27-15-3-6-22(27)30/h1-2,4-5,7-12H,3,6,13-15H2,(H2,24,28)(H,25,31)(H,26,29)/b12-9+. The van der Waals surface area contributed by atoms with E-state index in [9.17, 15) is 19.2 Å². The van der Waals surface area contributed by atoms with Crippen molar-refractivity contribution in [3.8, 4) is 0 Å². The minimum Gasteiger partial charge on any atom is -0.370 e. The van der Waals surface area contributed by atoms with Gasteiger partial charge >= 0.3 is 0 Å². The summed E-state index contributed by atoms with van der Waals surface area (Å²) in [6, 6.07) is 14.0. The summed E-state index contributed by atoms with van der Waals surface area (Å²) in [6.07, 6.45) is 4.50. The van der Waals surface area contributed by atoms with Crippen LogP contribution in [0.2, 0.25) is 0 Å². The molecule has 0 unspecified atom stereocenters. The SMILES string of the molecule is NC(=O)CCNC(=O)c1ccccc1NC(=O)/C=C/c1ccc(N2CCCC2=O)cc1. The van der Waals surface area contributed by atoms with E-state index in [4.69, 9.17) is 5.73 Å². The number of rotatable bonds is 8. The van der Waals surface area contributed by atoms with E-state index in [2.05, 4.69) is 10.6 Å². The van der Waals surface area contributed by atoms with Crippen LogP contribution in [0.15, 0.2) is 54.6 Å². The Labute approximate surface area is 180 Å². The van der Waals surface area contributed by atoms with Crippen LogP contribution in [-0.4, -0.2) is 36.7 Å². The first-order valence-corrected chi connectivity index (χ1v) is 9.99. The molecule has 1 aliphatic heterocycles. The van der Waals surface area contributed by atoms with E-state index in [1.807, 2.05) is 24.3 Å². The Bertz CT molecular complexity index is 1010. The maximum atomic E-state index is 12.3. The van der Waals surface area contributed by atoms with Gasteiger partial charge in [0, 0.05) is 37.7 Å². The summed E-state index contributed by atoms with van der Waals surface area (Å²) in [5.74, 6) is -1.18. The van der Waals surface area contributed by atoms with Gasteiger partial charge in [-0.3, -0.25) is 19.2 Å². The van der Waals surface area contributed by atoms with Crippen molar-refractivity contribution >= 4 is 41.1 Å². The van der Waals surface area contributed by atoms with Crippen LogP contribution >= 0.6 is 0 Å². The van der Waals surface area contributed by atoms with Crippen molar-refractivity contribution in [2.75, 3.05) is 23.3 Å². The smallest absolute Gasteiger partial charge is 0.253 e. The first-order valence-electron chi connectivity index (χ1n) is 9.99. The predicted molar refractivity (Wildman–Crippen MR) is 118 cm³/mol. The fraction of sp³-hybridized carbons (Fsp3) is 0.217. The third-order valence-electron chi connectivity index (χ3n) is 4.79. The van der Waals surface area contributed by atoms with Crippen molar-refractivity contribution in [3.63, 3.8) is 0 Å². The van der Waals surface area contributed by atoms with Crippen molar-refractivity contribution < 1.29 is 19.2 Å². The van der Waals surface area contributed by atoms with Crippen LogP contribution in [0.5, 0.6) is 0 Å². The lowest BCUT2D eigenvalue weighted by Gasteiger charge is -2.15. The predicted octanol–water partition coefficient (Wildman–Crippen LogP) is 2.07. The number of primary amides is 1. The lowest BCUT2D eigenvalue weighted by atomic mass is 10.1. The number of nitrogens with one attached hydrogen (secondary N) is 2. The molecule has 0 spiro atoms. The van der Waals surface area contributed by atoms with Gasteiger partial charge in [0.25, 0.3) is 5.91 Å². The van der Waals surface area contributed by atoms with Gasteiger partial charge in [-0.25, -0.2) is 0 Å². The highest BCUT2D eigenvalue weighted by Gasteiger charge is 2.21. The minimum atomic E-state index is -0.507. The Morgan fingerprint density at radius 3 is 2.48 bits per heavy atom. The van der Waals surface area contributed by atoms with Gasteiger partial charge in [0.1, 0.15) is 0 Å². The molecule has 0 aromatic heterocycles. The molecule has 1 fully saturated rings. The summed E-state index contributed by atoms with van der Waals surface area (Å²) in [4.78, 5) is 49.0. The molecule has 8 heteroatoms. The van der Waals surface area contributed by atoms with E-state index in [1.54, 1.807) is 35.2 Å². The highest BCUT2D eigenvalue weighted by atomic mass is 16.2. The van der Waals surface area contributed by atoms with Crippen LogP contribution < -0.4 is 21.3 Å². The largest absolute Gasteiger partial charge is 0.370 e. The average Bonchev–Trinajstić information content (AvgIpc) is 3.18. The Morgan fingerprint density at radius 2 is 1.81 bits per heavy atom. The highest BCUT2D eigenvalue weighted by Crippen LogP contribution is 2.22. The molecule has 4 amide bonds. The number of nitrogens with zero attached hydrogens (tertiary/aromatic N) is 1. The van der Waals surface area contributed by atoms with Crippen LogP contribution in [0.4, 0.5) is 11.4 Å². The van der Waals surface area contributed by atoms with Gasteiger partial charge in [0.05, 0.1) is 11.3 Å². The summed E-state index contributed by atoms with van der Waals surface area (Å²) in [5.41, 5.74) is 7.37. The number of hydrogen-bond acceptors (Lipinski definition) is 4. The lowest BCUT2D eigenvalue weighted by molar-refractivity contribution is -0.118. The van der Waals surface area contributed by atoms with Gasteiger partial charge in [-0.1, -0.05) is 24.3 Å².